The monoisotopic (exact) mass is 409 g/mol. The van der Waals surface area contributed by atoms with Crippen molar-refractivity contribution in [1.82, 2.24) is 15.6 Å². The molecule has 30 heavy (non-hydrogen) atoms. The van der Waals surface area contributed by atoms with Gasteiger partial charge in [0, 0.05) is 45.0 Å². The molecule has 0 aliphatic carbocycles. The van der Waals surface area contributed by atoms with Gasteiger partial charge < -0.3 is 20.3 Å². The highest BCUT2D eigenvalue weighted by Crippen LogP contribution is 2.23. The fraction of sp³-hybridized carbons (Fsp3) is 0.500. The van der Waals surface area contributed by atoms with Crippen molar-refractivity contribution in [3.05, 3.63) is 53.7 Å². The summed E-state index contributed by atoms with van der Waals surface area (Å²) in [5.74, 6) is 2.73. The second-order valence-corrected chi connectivity index (χ2v) is 8.67. The Labute approximate surface area is 180 Å². The quantitative estimate of drug-likeness (QED) is 0.555. The van der Waals surface area contributed by atoms with Crippen molar-refractivity contribution in [3.8, 4) is 5.75 Å². The zero-order valence-corrected chi connectivity index (χ0v) is 18.7. The average Bonchev–Trinajstić information content (AvgIpc) is 2.75. The molecule has 1 fully saturated rings. The maximum absolute atomic E-state index is 6.09. The summed E-state index contributed by atoms with van der Waals surface area (Å²) >= 11 is 0. The molecular weight excluding hydrogens is 374 g/mol. The molecule has 0 radical (unpaired) electrons. The molecule has 6 nitrogen and oxygen atoms in total. The molecule has 1 aromatic carbocycles. The van der Waals surface area contributed by atoms with Crippen LogP contribution in [0.2, 0.25) is 0 Å². The lowest BCUT2D eigenvalue weighted by Crippen LogP contribution is -2.36. The number of aliphatic imine (C=N–C) groups is 1. The van der Waals surface area contributed by atoms with Crippen LogP contribution in [0.15, 0.2) is 47.6 Å². The number of anilines is 1. The third kappa shape index (κ3) is 6.65. The summed E-state index contributed by atoms with van der Waals surface area (Å²) in [5, 5.41) is 6.80. The first kappa shape index (κ1) is 21.9. The van der Waals surface area contributed by atoms with Gasteiger partial charge in [0.1, 0.15) is 17.2 Å². The number of pyridine rings is 1. The fourth-order valence-corrected chi connectivity index (χ4v) is 3.53. The van der Waals surface area contributed by atoms with E-state index in [1.54, 1.807) is 7.05 Å². The summed E-state index contributed by atoms with van der Waals surface area (Å²) in [5.41, 5.74) is 2.07. The van der Waals surface area contributed by atoms with Crippen LogP contribution in [0.4, 0.5) is 5.82 Å². The van der Waals surface area contributed by atoms with Crippen LogP contribution in [0.1, 0.15) is 51.2 Å². The Kier molecular flexibility index (Phi) is 7.55. The van der Waals surface area contributed by atoms with Crippen LogP contribution in [-0.4, -0.2) is 36.7 Å². The van der Waals surface area contributed by atoms with E-state index in [1.165, 1.54) is 24.8 Å². The Morgan fingerprint density at radius 2 is 1.80 bits per heavy atom. The molecule has 0 atom stereocenters. The molecule has 1 saturated heterocycles. The molecule has 2 aromatic rings. The minimum absolute atomic E-state index is 0.233. The molecule has 1 aliphatic rings. The van der Waals surface area contributed by atoms with E-state index in [0.29, 0.717) is 13.1 Å². The highest BCUT2D eigenvalue weighted by Gasteiger charge is 2.15. The van der Waals surface area contributed by atoms with Crippen LogP contribution < -0.4 is 20.3 Å². The van der Waals surface area contributed by atoms with Crippen molar-refractivity contribution < 1.29 is 4.74 Å². The molecule has 0 amide bonds. The average molecular weight is 410 g/mol. The summed E-state index contributed by atoms with van der Waals surface area (Å²) in [6, 6.07) is 12.4. The molecule has 2 heterocycles. The highest BCUT2D eigenvalue weighted by molar-refractivity contribution is 5.79. The van der Waals surface area contributed by atoms with Gasteiger partial charge in [-0.1, -0.05) is 18.2 Å². The number of aromatic nitrogens is 1. The lowest BCUT2D eigenvalue weighted by Gasteiger charge is -2.28. The Balaban J connectivity index is 1.56. The van der Waals surface area contributed by atoms with Crippen molar-refractivity contribution in [3.63, 3.8) is 0 Å². The van der Waals surface area contributed by atoms with Crippen LogP contribution in [0.25, 0.3) is 0 Å². The first-order valence-corrected chi connectivity index (χ1v) is 10.9. The molecule has 3 rings (SSSR count). The molecule has 162 valence electrons. The number of nitrogens with one attached hydrogen (secondary N) is 2. The van der Waals surface area contributed by atoms with Crippen LogP contribution in [0.5, 0.6) is 5.75 Å². The van der Waals surface area contributed by atoms with Crippen molar-refractivity contribution in [2.45, 2.75) is 58.7 Å². The fourth-order valence-electron chi connectivity index (χ4n) is 3.53. The van der Waals surface area contributed by atoms with Crippen LogP contribution in [0.3, 0.4) is 0 Å². The van der Waals surface area contributed by atoms with Gasteiger partial charge in [-0.3, -0.25) is 4.99 Å². The van der Waals surface area contributed by atoms with Crippen molar-refractivity contribution in [2.24, 2.45) is 4.99 Å². The summed E-state index contributed by atoms with van der Waals surface area (Å²) in [6.45, 7) is 9.72. The van der Waals surface area contributed by atoms with Gasteiger partial charge in [0.2, 0.25) is 0 Å². The number of piperidine rings is 1. The van der Waals surface area contributed by atoms with E-state index in [2.05, 4.69) is 64.5 Å². The molecule has 0 bridgehead atoms. The molecule has 6 heteroatoms. The smallest absolute Gasteiger partial charge is 0.191 e. The van der Waals surface area contributed by atoms with Crippen molar-refractivity contribution in [2.75, 3.05) is 25.0 Å². The van der Waals surface area contributed by atoms with Crippen LogP contribution >= 0.6 is 0 Å². The van der Waals surface area contributed by atoms with Gasteiger partial charge in [-0.2, -0.15) is 0 Å². The summed E-state index contributed by atoms with van der Waals surface area (Å²) < 4.78 is 6.09. The van der Waals surface area contributed by atoms with Gasteiger partial charge in [0.05, 0.1) is 0 Å². The Morgan fingerprint density at radius 3 is 2.53 bits per heavy atom. The first-order chi connectivity index (χ1) is 14.4. The normalized spacial score (nSPS) is 15.1. The Morgan fingerprint density at radius 1 is 1.07 bits per heavy atom. The third-order valence-electron chi connectivity index (χ3n) is 5.01. The highest BCUT2D eigenvalue weighted by atomic mass is 16.5. The standard InChI is InChI=1S/C24H35N5O/c1-24(2,3)30-21-11-7-6-10-20(21)18-28-23(25-4)27-17-19-12-13-26-22(16-19)29-14-8-5-9-15-29/h6-7,10-13,16H,5,8-9,14-15,17-18H2,1-4H3,(H2,25,27,28). The predicted octanol–water partition coefficient (Wildman–Crippen LogP) is 4.11. The summed E-state index contributed by atoms with van der Waals surface area (Å²) in [6.07, 6.45) is 5.73. The van der Waals surface area contributed by atoms with Crippen LogP contribution in [0, 0.1) is 0 Å². The van der Waals surface area contributed by atoms with Gasteiger partial charge in [-0.25, -0.2) is 4.98 Å². The lowest BCUT2D eigenvalue weighted by molar-refractivity contribution is 0.129. The van der Waals surface area contributed by atoms with E-state index in [1.807, 2.05) is 24.4 Å². The van der Waals surface area contributed by atoms with Crippen molar-refractivity contribution in [1.29, 1.82) is 0 Å². The van der Waals surface area contributed by atoms with Gasteiger partial charge in [-0.05, 0) is 63.8 Å². The maximum Gasteiger partial charge on any atom is 0.191 e. The Bertz CT molecular complexity index is 837. The van der Waals surface area contributed by atoms with Gasteiger partial charge in [-0.15, -0.1) is 0 Å². The minimum Gasteiger partial charge on any atom is -0.488 e. The molecule has 1 aliphatic heterocycles. The SMILES string of the molecule is CN=C(NCc1ccnc(N2CCCCC2)c1)NCc1ccccc1OC(C)(C)C. The van der Waals surface area contributed by atoms with Crippen molar-refractivity contribution >= 4 is 11.8 Å². The van der Waals surface area contributed by atoms with E-state index in [-0.39, 0.29) is 5.60 Å². The number of benzene rings is 1. The van der Waals surface area contributed by atoms with Gasteiger partial charge >= 0.3 is 0 Å². The zero-order valence-electron chi connectivity index (χ0n) is 18.7. The lowest BCUT2D eigenvalue weighted by atomic mass is 10.1. The topological polar surface area (TPSA) is 61.8 Å². The number of hydrogen-bond donors (Lipinski definition) is 2. The first-order valence-electron chi connectivity index (χ1n) is 10.9. The third-order valence-corrected chi connectivity index (χ3v) is 5.01. The minimum atomic E-state index is -0.233. The largest absolute Gasteiger partial charge is 0.488 e. The van der Waals surface area contributed by atoms with Gasteiger partial charge in [0.15, 0.2) is 5.96 Å². The summed E-state index contributed by atoms with van der Waals surface area (Å²) in [4.78, 5) is 11.3. The van der Waals surface area contributed by atoms with E-state index < -0.39 is 0 Å². The van der Waals surface area contributed by atoms with E-state index in [0.717, 1.165) is 36.2 Å². The molecular formula is C24H35N5O. The van der Waals surface area contributed by atoms with Crippen LogP contribution in [-0.2, 0) is 13.1 Å². The molecule has 2 N–H and O–H groups in total. The maximum atomic E-state index is 6.09. The Hall–Kier alpha value is -2.76. The number of ether oxygens (including phenoxy) is 1. The second-order valence-electron chi connectivity index (χ2n) is 8.67. The predicted molar refractivity (Wildman–Crippen MR) is 124 cm³/mol. The number of para-hydroxylation sites is 1. The molecule has 0 saturated carbocycles. The van der Waals surface area contributed by atoms with E-state index in [9.17, 15) is 0 Å². The van der Waals surface area contributed by atoms with Gasteiger partial charge in [0.25, 0.3) is 0 Å². The second kappa shape index (κ2) is 10.3. The number of nitrogens with zero attached hydrogens (tertiary/aromatic N) is 3. The van der Waals surface area contributed by atoms with E-state index >= 15 is 0 Å². The molecule has 0 spiro atoms. The number of hydrogen-bond acceptors (Lipinski definition) is 4. The number of rotatable bonds is 6. The number of guanidine groups is 1. The summed E-state index contributed by atoms with van der Waals surface area (Å²) in [7, 11) is 1.79. The molecule has 0 unspecified atom stereocenters. The van der Waals surface area contributed by atoms with E-state index in [4.69, 9.17) is 4.74 Å². The zero-order chi connectivity index (χ0) is 21.4. The molecule has 1 aromatic heterocycles.